The molecule has 2 heterocycles. The molecule has 15 heavy (non-hydrogen) atoms. The molecule has 0 saturated carbocycles. The summed E-state index contributed by atoms with van der Waals surface area (Å²) < 4.78 is 0. The van der Waals surface area contributed by atoms with Crippen molar-refractivity contribution in [1.82, 2.24) is 9.97 Å². The predicted molar refractivity (Wildman–Crippen MR) is 62.3 cm³/mol. The van der Waals surface area contributed by atoms with Crippen molar-refractivity contribution in [2.24, 2.45) is 5.92 Å². The van der Waals surface area contributed by atoms with Gasteiger partial charge in [-0.2, -0.15) is 0 Å². The third kappa shape index (κ3) is 2.23. The molecule has 82 valence electrons. The molecule has 1 aliphatic rings. The molecule has 1 saturated heterocycles. The van der Waals surface area contributed by atoms with Crippen LogP contribution in [0.1, 0.15) is 24.7 Å². The number of alkyl halides is 1. The van der Waals surface area contributed by atoms with E-state index in [4.69, 9.17) is 11.6 Å². The van der Waals surface area contributed by atoms with Gasteiger partial charge in [-0.05, 0) is 19.3 Å². The van der Waals surface area contributed by atoms with E-state index in [9.17, 15) is 0 Å². The van der Waals surface area contributed by atoms with Crippen molar-refractivity contribution in [3.63, 3.8) is 0 Å². The lowest BCUT2D eigenvalue weighted by molar-refractivity contribution is 0.658. The van der Waals surface area contributed by atoms with Crippen molar-refractivity contribution in [3.05, 3.63) is 17.6 Å². The third-order valence-corrected chi connectivity index (χ3v) is 3.12. The Morgan fingerprint density at radius 3 is 3.00 bits per heavy atom. The van der Waals surface area contributed by atoms with Crippen LogP contribution in [-0.2, 0) is 5.88 Å². The van der Waals surface area contributed by atoms with E-state index in [-0.39, 0.29) is 0 Å². The molecular weight excluding hydrogens is 210 g/mol. The van der Waals surface area contributed by atoms with Crippen LogP contribution in [0.5, 0.6) is 0 Å². The number of hydrogen-bond donors (Lipinski definition) is 0. The van der Waals surface area contributed by atoms with Crippen LogP contribution in [0.15, 0.2) is 6.20 Å². The van der Waals surface area contributed by atoms with Gasteiger partial charge in [0, 0.05) is 24.8 Å². The molecule has 1 aromatic rings. The zero-order chi connectivity index (χ0) is 10.8. The number of aryl methyl sites for hydroxylation is 1. The number of rotatable bonds is 2. The SMILES string of the molecule is Cc1ncc(CCl)c(N2CCC(C)C2)n1. The molecule has 1 aliphatic heterocycles. The first kappa shape index (κ1) is 10.7. The lowest BCUT2D eigenvalue weighted by atomic mass is 10.2. The first-order valence-corrected chi connectivity index (χ1v) is 5.87. The Labute approximate surface area is 95.5 Å². The highest BCUT2D eigenvalue weighted by atomic mass is 35.5. The highest BCUT2D eigenvalue weighted by Gasteiger charge is 2.22. The summed E-state index contributed by atoms with van der Waals surface area (Å²) in [7, 11) is 0. The highest BCUT2D eigenvalue weighted by Crippen LogP contribution is 2.25. The van der Waals surface area contributed by atoms with E-state index in [1.54, 1.807) is 0 Å². The van der Waals surface area contributed by atoms with Crippen LogP contribution in [0.2, 0.25) is 0 Å². The maximum Gasteiger partial charge on any atom is 0.136 e. The summed E-state index contributed by atoms with van der Waals surface area (Å²) in [5, 5.41) is 0. The Hall–Kier alpha value is -0.830. The minimum Gasteiger partial charge on any atom is -0.356 e. The van der Waals surface area contributed by atoms with Crippen molar-refractivity contribution in [1.29, 1.82) is 0 Å². The minimum absolute atomic E-state index is 0.487. The van der Waals surface area contributed by atoms with Gasteiger partial charge in [0.05, 0.1) is 5.88 Å². The number of hydrogen-bond acceptors (Lipinski definition) is 3. The number of aromatic nitrogens is 2. The second-order valence-electron chi connectivity index (χ2n) is 4.24. The van der Waals surface area contributed by atoms with Gasteiger partial charge in [-0.1, -0.05) is 6.92 Å². The van der Waals surface area contributed by atoms with E-state index in [0.29, 0.717) is 5.88 Å². The fourth-order valence-electron chi connectivity index (χ4n) is 1.98. The second kappa shape index (κ2) is 4.35. The number of anilines is 1. The Morgan fingerprint density at radius 2 is 2.40 bits per heavy atom. The Balaban J connectivity index is 2.29. The number of halogens is 1. The van der Waals surface area contributed by atoms with Gasteiger partial charge in [-0.3, -0.25) is 0 Å². The summed E-state index contributed by atoms with van der Waals surface area (Å²) in [4.78, 5) is 11.0. The second-order valence-corrected chi connectivity index (χ2v) is 4.51. The maximum absolute atomic E-state index is 5.89. The number of nitrogens with zero attached hydrogens (tertiary/aromatic N) is 3. The molecule has 0 aliphatic carbocycles. The molecule has 1 aromatic heterocycles. The largest absolute Gasteiger partial charge is 0.356 e. The van der Waals surface area contributed by atoms with Crippen molar-refractivity contribution in [3.8, 4) is 0 Å². The molecule has 0 aromatic carbocycles. The lowest BCUT2D eigenvalue weighted by Gasteiger charge is -2.19. The van der Waals surface area contributed by atoms with Gasteiger partial charge in [0.25, 0.3) is 0 Å². The molecule has 1 fully saturated rings. The minimum atomic E-state index is 0.487. The highest BCUT2D eigenvalue weighted by molar-refractivity contribution is 6.17. The van der Waals surface area contributed by atoms with Gasteiger partial charge < -0.3 is 4.90 Å². The quantitative estimate of drug-likeness (QED) is 0.724. The van der Waals surface area contributed by atoms with E-state index < -0.39 is 0 Å². The summed E-state index contributed by atoms with van der Waals surface area (Å²) in [6, 6.07) is 0. The van der Waals surface area contributed by atoms with Crippen LogP contribution in [0.4, 0.5) is 5.82 Å². The summed E-state index contributed by atoms with van der Waals surface area (Å²) in [6.45, 7) is 6.36. The molecule has 4 heteroatoms. The van der Waals surface area contributed by atoms with Gasteiger partial charge >= 0.3 is 0 Å². The van der Waals surface area contributed by atoms with Crippen LogP contribution in [0.25, 0.3) is 0 Å². The van der Waals surface area contributed by atoms with Crippen LogP contribution in [-0.4, -0.2) is 23.1 Å². The Bertz CT molecular complexity index is 354. The van der Waals surface area contributed by atoms with E-state index in [0.717, 1.165) is 36.2 Å². The van der Waals surface area contributed by atoms with Crippen molar-refractivity contribution >= 4 is 17.4 Å². The molecule has 2 rings (SSSR count). The molecule has 0 N–H and O–H groups in total. The fourth-order valence-corrected chi connectivity index (χ4v) is 2.17. The molecule has 1 atom stereocenters. The van der Waals surface area contributed by atoms with Crippen LogP contribution in [0, 0.1) is 12.8 Å². The van der Waals surface area contributed by atoms with Gasteiger partial charge in [0.2, 0.25) is 0 Å². The maximum atomic E-state index is 5.89. The molecule has 0 spiro atoms. The predicted octanol–water partition coefficient (Wildman–Crippen LogP) is 2.37. The van der Waals surface area contributed by atoms with Crippen molar-refractivity contribution in [2.45, 2.75) is 26.1 Å². The van der Waals surface area contributed by atoms with Crippen molar-refractivity contribution < 1.29 is 0 Å². The zero-order valence-electron chi connectivity index (χ0n) is 9.20. The van der Waals surface area contributed by atoms with E-state index in [1.807, 2.05) is 13.1 Å². The van der Waals surface area contributed by atoms with Gasteiger partial charge in [0.1, 0.15) is 11.6 Å². The average Bonchev–Trinajstić information content (AvgIpc) is 2.65. The third-order valence-electron chi connectivity index (χ3n) is 2.83. The van der Waals surface area contributed by atoms with E-state index in [2.05, 4.69) is 21.8 Å². The molecule has 0 amide bonds. The lowest BCUT2D eigenvalue weighted by Crippen LogP contribution is -2.22. The van der Waals surface area contributed by atoms with Crippen LogP contribution < -0.4 is 4.90 Å². The van der Waals surface area contributed by atoms with Gasteiger partial charge in [-0.15, -0.1) is 11.6 Å². The topological polar surface area (TPSA) is 29.0 Å². The first-order chi connectivity index (χ1) is 7.20. The average molecular weight is 226 g/mol. The smallest absolute Gasteiger partial charge is 0.136 e. The summed E-state index contributed by atoms with van der Waals surface area (Å²) in [5.74, 6) is 3.09. The summed E-state index contributed by atoms with van der Waals surface area (Å²) in [5.41, 5.74) is 1.04. The standard InChI is InChI=1S/C11H16ClN3/c1-8-3-4-15(7-8)11-10(5-12)6-13-9(2)14-11/h6,8H,3-5,7H2,1-2H3. The fraction of sp³-hybridized carbons (Fsp3) is 0.636. The normalized spacial score (nSPS) is 21.0. The van der Waals surface area contributed by atoms with Crippen LogP contribution in [0.3, 0.4) is 0 Å². The van der Waals surface area contributed by atoms with E-state index in [1.165, 1.54) is 6.42 Å². The molecule has 1 unspecified atom stereocenters. The van der Waals surface area contributed by atoms with Gasteiger partial charge in [-0.25, -0.2) is 9.97 Å². The summed E-state index contributed by atoms with van der Waals surface area (Å²) >= 11 is 5.89. The summed E-state index contributed by atoms with van der Waals surface area (Å²) in [6.07, 6.45) is 3.08. The Kier molecular flexibility index (Phi) is 3.10. The van der Waals surface area contributed by atoms with Crippen LogP contribution >= 0.6 is 11.6 Å². The molecule has 3 nitrogen and oxygen atoms in total. The van der Waals surface area contributed by atoms with E-state index >= 15 is 0 Å². The molecule has 0 bridgehead atoms. The first-order valence-electron chi connectivity index (χ1n) is 5.34. The zero-order valence-corrected chi connectivity index (χ0v) is 9.96. The monoisotopic (exact) mass is 225 g/mol. The molecular formula is C11H16ClN3. The Morgan fingerprint density at radius 1 is 1.60 bits per heavy atom. The molecule has 0 radical (unpaired) electrons. The van der Waals surface area contributed by atoms with Crippen molar-refractivity contribution in [2.75, 3.05) is 18.0 Å². The van der Waals surface area contributed by atoms with Gasteiger partial charge in [0.15, 0.2) is 0 Å².